The normalized spacial score (nSPS) is 15.0. The van der Waals surface area contributed by atoms with Crippen LogP contribution in [0.3, 0.4) is 0 Å². The van der Waals surface area contributed by atoms with E-state index in [9.17, 15) is 0 Å². The largest absolute Gasteiger partial charge is 0.496 e. The van der Waals surface area contributed by atoms with Gasteiger partial charge in [-0.2, -0.15) is 0 Å². The van der Waals surface area contributed by atoms with Crippen LogP contribution in [0.1, 0.15) is 17.0 Å². The molecule has 1 fully saturated rings. The lowest BCUT2D eigenvalue weighted by atomic mass is 9.90. The summed E-state index contributed by atoms with van der Waals surface area (Å²) in [6.07, 6.45) is 0. The van der Waals surface area contributed by atoms with E-state index >= 15 is 0 Å². The maximum absolute atomic E-state index is 5.55. The molecule has 0 atom stereocenters. The van der Waals surface area contributed by atoms with Gasteiger partial charge in [0.2, 0.25) is 0 Å². The zero-order valence-corrected chi connectivity index (χ0v) is 15.8. The predicted octanol–water partition coefficient (Wildman–Crippen LogP) is 4.07. The van der Waals surface area contributed by atoms with Crippen LogP contribution in [-0.4, -0.2) is 39.3 Å². The summed E-state index contributed by atoms with van der Waals surface area (Å²) < 4.78 is 17.3. The van der Waals surface area contributed by atoms with Crippen LogP contribution in [0.15, 0.2) is 40.9 Å². The van der Waals surface area contributed by atoms with E-state index in [1.54, 1.807) is 21.3 Å². The number of ether oxygens (including phenoxy) is 3. The van der Waals surface area contributed by atoms with E-state index in [1.807, 2.05) is 18.2 Å². The minimum absolute atomic E-state index is 0.455. The van der Waals surface area contributed by atoms with Gasteiger partial charge < -0.3 is 14.2 Å². The predicted molar refractivity (Wildman–Crippen MR) is 98.3 cm³/mol. The van der Waals surface area contributed by atoms with Gasteiger partial charge in [0.1, 0.15) is 17.2 Å². The van der Waals surface area contributed by atoms with Crippen LogP contribution in [0.2, 0.25) is 0 Å². The summed E-state index contributed by atoms with van der Waals surface area (Å²) in [7, 11) is 5.12. The Morgan fingerprint density at radius 1 is 0.958 bits per heavy atom. The molecular formula is C19H22BrNO3. The average Bonchev–Trinajstić information content (AvgIpc) is 2.58. The van der Waals surface area contributed by atoms with E-state index in [2.05, 4.69) is 39.0 Å². The fourth-order valence-corrected chi connectivity index (χ4v) is 3.66. The molecule has 0 aromatic heterocycles. The van der Waals surface area contributed by atoms with E-state index in [-0.39, 0.29) is 0 Å². The topological polar surface area (TPSA) is 30.9 Å². The van der Waals surface area contributed by atoms with E-state index < -0.39 is 0 Å². The molecule has 1 aliphatic rings. The van der Waals surface area contributed by atoms with Crippen LogP contribution >= 0.6 is 15.9 Å². The fraction of sp³-hybridized carbons (Fsp3) is 0.368. The Bertz CT molecular complexity index is 714. The Morgan fingerprint density at radius 3 is 2.29 bits per heavy atom. The molecule has 2 aromatic carbocycles. The van der Waals surface area contributed by atoms with Crippen molar-refractivity contribution in [1.29, 1.82) is 0 Å². The van der Waals surface area contributed by atoms with E-state index in [0.29, 0.717) is 5.92 Å². The molecule has 0 unspecified atom stereocenters. The van der Waals surface area contributed by atoms with Crippen LogP contribution in [0, 0.1) is 0 Å². The number of methoxy groups -OCH3 is 3. The highest BCUT2D eigenvalue weighted by molar-refractivity contribution is 9.10. The summed E-state index contributed by atoms with van der Waals surface area (Å²) in [6.45, 7) is 2.90. The average molecular weight is 392 g/mol. The molecule has 5 heteroatoms. The van der Waals surface area contributed by atoms with Crippen LogP contribution in [0.4, 0.5) is 0 Å². The molecule has 0 bridgehead atoms. The molecular weight excluding hydrogens is 370 g/mol. The molecule has 0 N–H and O–H groups in total. The summed E-state index contributed by atoms with van der Waals surface area (Å²) in [4.78, 5) is 2.41. The van der Waals surface area contributed by atoms with Gasteiger partial charge >= 0.3 is 0 Å². The lowest BCUT2D eigenvalue weighted by Gasteiger charge is -2.40. The van der Waals surface area contributed by atoms with Gasteiger partial charge in [-0.15, -0.1) is 0 Å². The van der Waals surface area contributed by atoms with Crippen molar-refractivity contribution >= 4 is 15.9 Å². The third-order valence-electron chi connectivity index (χ3n) is 4.49. The van der Waals surface area contributed by atoms with Gasteiger partial charge in [-0.3, -0.25) is 4.90 Å². The first kappa shape index (κ1) is 17.1. The maximum Gasteiger partial charge on any atom is 0.133 e. The number of nitrogens with zero attached hydrogens (tertiary/aromatic N) is 1. The van der Waals surface area contributed by atoms with E-state index in [4.69, 9.17) is 14.2 Å². The van der Waals surface area contributed by atoms with Gasteiger partial charge in [0.05, 0.1) is 25.8 Å². The Labute approximate surface area is 151 Å². The Morgan fingerprint density at radius 2 is 1.62 bits per heavy atom. The molecule has 0 saturated carbocycles. The number of hydrogen-bond donors (Lipinski definition) is 0. The van der Waals surface area contributed by atoms with Gasteiger partial charge in [-0.05, 0) is 34.1 Å². The zero-order chi connectivity index (χ0) is 17.1. The third kappa shape index (κ3) is 3.37. The molecule has 1 aliphatic heterocycles. The zero-order valence-electron chi connectivity index (χ0n) is 14.2. The summed E-state index contributed by atoms with van der Waals surface area (Å²) in [6, 6.07) is 12.2. The van der Waals surface area contributed by atoms with Crippen LogP contribution < -0.4 is 14.2 Å². The van der Waals surface area contributed by atoms with E-state index in [0.717, 1.165) is 41.4 Å². The summed E-state index contributed by atoms with van der Waals surface area (Å²) in [5.74, 6) is 3.15. The number of para-hydroxylation sites is 1. The van der Waals surface area contributed by atoms with Crippen molar-refractivity contribution < 1.29 is 14.2 Å². The summed E-state index contributed by atoms with van der Waals surface area (Å²) in [5, 5.41) is 0. The molecule has 0 spiro atoms. The Kier molecular flexibility index (Phi) is 5.31. The molecule has 2 aromatic rings. The molecule has 4 nitrogen and oxygen atoms in total. The van der Waals surface area contributed by atoms with Gasteiger partial charge in [0.25, 0.3) is 0 Å². The second kappa shape index (κ2) is 7.45. The molecule has 3 rings (SSSR count). The number of benzene rings is 2. The number of likely N-dealkylation sites (tertiary alicyclic amines) is 1. The standard InChI is InChI=1S/C19H22BrNO3/c1-22-17-7-5-4-6-13(17)10-21-11-14(12-21)15-8-19(24-3)16(20)9-18(15)23-2/h4-9,14H,10-12H2,1-3H3. The number of hydrogen-bond acceptors (Lipinski definition) is 4. The number of halogens is 1. The van der Waals surface area contributed by atoms with Crippen molar-refractivity contribution in [2.24, 2.45) is 0 Å². The molecule has 0 amide bonds. The van der Waals surface area contributed by atoms with Crippen molar-refractivity contribution in [3.63, 3.8) is 0 Å². The highest BCUT2D eigenvalue weighted by Gasteiger charge is 2.31. The molecule has 1 heterocycles. The van der Waals surface area contributed by atoms with Crippen LogP contribution in [-0.2, 0) is 6.54 Å². The SMILES string of the molecule is COc1cc(C2CN(Cc3ccccc3OC)C2)c(OC)cc1Br. The molecule has 1 saturated heterocycles. The van der Waals surface area contributed by atoms with Crippen LogP contribution in [0.5, 0.6) is 17.2 Å². The second-order valence-corrected chi connectivity index (χ2v) is 6.79. The quantitative estimate of drug-likeness (QED) is 0.742. The molecule has 0 aliphatic carbocycles. The third-order valence-corrected chi connectivity index (χ3v) is 5.11. The Hall–Kier alpha value is -1.72. The fourth-order valence-electron chi connectivity index (χ4n) is 3.17. The van der Waals surface area contributed by atoms with Crippen molar-refractivity contribution in [3.05, 3.63) is 52.0 Å². The van der Waals surface area contributed by atoms with Crippen molar-refractivity contribution in [3.8, 4) is 17.2 Å². The first-order valence-electron chi connectivity index (χ1n) is 7.92. The molecule has 128 valence electrons. The minimum Gasteiger partial charge on any atom is -0.496 e. The first-order valence-corrected chi connectivity index (χ1v) is 8.71. The number of rotatable bonds is 6. The van der Waals surface area contributed by atoms with Crippen molar-refractivity contribution in [1.82, 2.24) is 4.90 Å². The lowest BCUT2D eigenvalue weighted by molar-refractivity contribution is 0.136. The summed E-state index contributed by atoms with van der Waals surface area (Å²) >= 11 is 3.51. The second-order valence-electron chi connectivity index (χ2n) is 5.93. The van der Waals surface area contributed by atoms with Gasteiger partial charge in [0, 0.05) is 36.7 Å². The molecule has 0 radical (unpaired) electrons. The van der Waals surface area contributed by atoms with Gasteiger partial charge in [-0.1, -0.05) is 18.2 Å². The van der Waals surface area contributed by atoms with Crippen LogP contribution in [0.25, 0.3) is 0 Å². The molecule has 24 heavy (non-hydrogen) atoms. The first-order chi connectivity index (χ1) is 11.7. The summed E-state index contributed by atoms with van der Waals surface area (Å²) in [5.41, 5.74) is 2.42. The maximum atomic E-state index is 5.55. The smallest absolute Gasteiger partial charge is 0.133 e. The lowest BCUT2D eigenvalue weighted by Crippen LogP contribution is -2.44. The van der Waals surface area contributed by atoms with Crippen molar-refractivity contribution in [2.75, 3.05) is 34.4 Å². The minimum atomic E-state index is 0.455. The van der Waals surface area contributed by atoms with Gasteiger partial charge in [0.15, 0.2) is 0 Å². The van der Waals surface area contributed by atoms with E-state index in [1.165, 1.54) is 11.1 Å². The highest BCUT2D eigenvalue weighted by Crippen LogP contribution is 2.40. The highest BCUT2D eigenvalue weighted by atomic mass is 79.9. The van der Waals surface area contributed by atoms with Crippen molar-refractivity contribution in [2.45, 2.75) is 12.5 Å². The van der Waals surface area contributed by atoms with Gasteiger partial charge in [-0.25, -0.2) is 0 Å². The monoisotopic (exact) mass is 391 g/mol. The Balaban J connectivity index is 1.70.